The van der Waals surface area contributed by atoms with E-state index in [0.717, 1.165) is 12.2 Å². The van der Waals surface area contributed by atoms with Crippen LogP contribution >= 0.6 is 11.8 Å². The van der Waals surface area contributed by atoms with E-state index in [1.54, 1.807) is 35.6 Å². The average Bonchev–Trinajstić information content (AvgIpc) is 2.87. The van der Waals surface area contributed by atoms with Gasteiger partial charge in [-0.3, -0.25) is 0 Å². The van der Waals surface area contributed by atoms with E-state index < -0.39 is 10.0 Å². The molecule has 5 nitrogen and oxygen atoms in total. The zero-order valence-electron chi connectivity index (χ0n) is 12.5. The summed E-state index contributed by atoms with van der Waals surface area (Å²) in [6.07, 6.45) is 4.35. The van der Waals surface area contributed by atoms with Gasteiger partial charge >= 0.3 is 0 Å². The molecule has 0 aliphatic rings. The third-order valence-corrected chi connectivity index (χ3v) is 6.08. The summed E-state index contributed by atoms with van der Waals surface area (Å²) in [5.74, 6) is 0.771. The maximum atomic E-state index is 12.6. The fourth-order valence-corrected chi connectivity index (χ4v) is 4.56. The summed E-state index contributed by atoms with van der Waals surface area (Å²) in [6.45, 7) is 4.39. The number of aliphatic hydroxyl groups excluding tert-OH is 1. The summed E-state index contributed by atoms with van der Waals surface area (Å²) >= 11 is 1.64. The van der Waals surface area contributed by atoms with Gasteiger partial charge < -0.3 is 9.67 Å². The van der Waals surface area contributed by atoms with Crippen LogP contribution in [0.2, 0.25) is 0 Å². The molecule has 1 heterocycles. The molecule has 0 aromatic carbocycles. The Morgan fingerprint density at radius 2 is 2.10 bits per heavy atom. The molecule has 116 valence electrons. The predicted molar refractivity (Wildman–Crippen MR) is 83.4 cm³/mol. The van der Waals surface area contributed by atoms with Crippen LogP contribution in [0.15, 0.2) is 17.2 Å². The zero-order chi connectivity index (χ0) is 15.3. The Hall–Kier alpha value is -0.500. The smallest absolute Gasteiger partial charge is 0.244 e. The standard InChI is InChI=1S/C13H24N2O3S2/c1-5-11(10-19-4)14(3)20(17,18)13-7-12(9-16)15(6-2)8-13/h7-8,11,16H,5-6,9-10H2,1-4H3. The topological polar surface area (TPSA) is 62.5 Å². The van der Waals surface area contributed by atoms with Gasteiger partial charge in [0.05, 0.1) is 6.61 Å². The van der Waals surface area contributed by atoms with Crippen LogP contribution in [0.3, 0.4) is 0 Å². The molecule has 0 radical (unpaired) electrons. The number of hydrogen-bond donors (Lipinski definition) is 1. The van der Waals surface area contributed by atoms with Crippen LogP contribution in [0.25, 0.3) is 0 Å². The van der Waals surface area contributed by atoms with Crippen LogP contribution in [0.1, 0.15) is 26.0 Å². The molecule has 0 saturated carbocycles. The summed E-state index contributed by atoms with van der Waals surface area (Å²) in [5.41, 5.74) is 0.623. The largest absolute Gasteiger partial charge is 0.390 e. The van der Waals surface area contributed by atoms with E-state index in [1.165, 1.54) is 4.31 Å². The number of hydrogen-bond acceptors (Lipinski definition) is 4. The van der Waals surface area contributed by atoms with E-state index in [0.29, 0.717) is 12.2 Å². The molecule has 0 aliphatic heterocycles. The van der Waals surface area contributed by atoms with Crippen LogP contribution in [0, 0.1) is 0 Å². The molecule has 0 amide bonds. The molecule has 1 atom stereocenters. The van der Waals surface area contributed by atoms with Crippen molar-refractivity contribution in [1.29, 1.82) is 0 Å². The number of aromatic nitrogens is 1. The second-order valence-corrected chi connectivity index (χ2v) is 7.56. The van der Waals surface area contributed by atoms with Gasteiger partial charge in [0.25, 0.3) is 0 Å². The van der Waals surface area contributed by atoms with Crippen molar-refractivity contribution in [3.8, 4) is 0 Å². The van der Waals surface area contributed by atoms with Crippen molar-refractivity contribution < 1.29 is 13.5 Å². The summed E-state index contributed by atoms with van der Waals surface area (Å²) in [6, 6.07) is 1.54. The van der Waals surface area contributed by atoms with Gasteiger partial charge in [0.1, 0.15) is 4.90 Å². The molecule has 7 heteroatoms. The molecule has 1 unspecified atom stereocenters. The van der Waals surface area contributed by atoms with Gasteiger partial charge in [-0.2, -0.15) is 16.1 Å². The van der Waals surface area contributed by atoms with E-state index in [9.17, 15) is 13.5 Å². The van der Waals surface area contributed by atoms with Crippen molar-refractivity contribution in [2.24, 2.45) is 0 Å². The highest BCUT2D eigenvalue weighted by atomic mass is 32.2. The number of rotatable bonds is 8. The van der Waals surface area contributed by atoms with Gasteiger partial charge in [0.2, 0.25) is 10.0 Å². The third-order valence-electron chi connectivity index (χ3n) is 3.49. The van der Waals surface area contributed by atoms with Crippen molar-refractivity contribution in [2.45, 2.75) is 44.4 Å². The number of aryl methyl sites for hydroxylation is 1. The Labute approximate surface area is 126 Å². The van der Waals surface area contributed by atoms with E-state index in [4.69, 9.17) is 0 Å². The van der Waals surface area contributed by atoms with Gasteiger partial charge in [-0.15, -0.1) is 0 Å². The lowest BCUT2D eigenvalue weighted by Crippen LogP contribution is -2.38. The Morgan fingerprint density at radius 3 is 2.50 bits per heavy atom. The fraction of sp³-hybridized carbons (Fsp3) is 0.692. The van der Waals surface area contributed by atoms with Crippen molar-refractivity contribution in [1.82, 2.24) is 8.87 Å². The molecule has 0 fully saturated rings. The third kappa shape index (κ3) is 3.58. The van der Waals surface area contributed by atoms with E-state index in [2.05, 4.69) is 0 Å². The highest BCUT2D eigenvalue weighted by Crippen LogP contribution is 2.22. The normalized spacial score (nSPS) is 13.9. The molecule has 0 bridgehead atoms. The highest BCUT2D eigenvalue weighted by Gasteiger charge is 2.28. The summed E-state index contributed by atoms with van der Waals surface area (Å²) < 4.78 is 28.5. The van der Waals surface area contributed by atoms with Gasteiger partial charge in [0, 0.05) is 37.3 Å². The summed E-state index contributed by atoms with van der Waals surface area (Å²) in [7, 11) is -1.88. The number of sulfonamides is 1. The Balaban J connectivity index is 3.12. The van der Waals surface area contributed by atoms with Crippen molar-refractivity contribution in [2.75, 3.05) is 19.1 Å². The predicted octanol–water partition coefficient (Wildman–Crippen LogP) is 1.76. The molecule has 1 aromatic rings. The monoisotopic (exact) mass is 320 g/mol. The second-order valence-electron chi connectivity index (χ2n) is 4.65. The average molecular weight is 320 g/mol. The molecule has 0 saturated heterocycles. The van der Waals surface area contributed by atoms with E-state index >= 15 is 0 Å². The molecule has 0 aliphatic carbocycles. The highest BCUT2D eigenvalue weighted by molar-refractivity contribution is 7.98. The number of nitrogens with zero attached hydrogens (tertiary/aromatic N) is 2. The van der Waals surface area contributed by atoms with Crippen LogP contribution in [-0.4, -0.2) is 47.5 Å². The molecule has 20 heavy (non-hydrogen) atoms. The van der Waals surface area contributed by atoms with Crippen LogP contribution in [0.4, 0.5) is 0 Å². The molecule has 1 N–H and O–H groups in total. The molecule has 1 rings (SSSR count). The van der Waals surface area contributed by atoms with Crippen molar-refractivity contribution in [3.05, 3.63) is 18.0 Å². The Bertz CT molecular complexity index is 504. The van der Waals surface area contributed by atoms with E-state index in [-0.39, 0.29) is 17.5 Å². The summed E-state index contributed by atoms with van der Waals surface area (Å²) in [4.78, 5) is 0.255. The maximum absolute atomic E-state index is 12.6. The van der Waals surface area contributed by atoms with Gasteiger partial charge in [-0.1, -0.05) is 6.92 Å². The fourth-order valence-electron chi connectivity index (χ4n) is 2.13. The molecule has 1 aromatic heterocycles. The first-order chi connectivity index (χ1) is 9.42. The first-order valence-electron chi connectivity index (χ1n) is 6.69. The van der Waals surface area contributed by atoms with Crippen LogP contribution in [0.5, 0.6) is 0 Å². The van der Waals surface area contributed by atoms with E-state index in [1.807, 2.05) is 20.1 Å². The van der Waals surface area contributed by atoms with Gasteiger partial charge in [-0.25, -0.2) is 8.42 Å². The SMILES string of the molecule is CCC(CSC)N(C)S(=O)(=O)c1cc(CO)n(CC)c1. The number of thioether (sulfide) groups is 1. The van der Waals surface area contributed by atoms with Crippen molar-refractivity contribution >= 4 is 21.8 Å². The Morgan fingerprint density at radius 1 is 1.45 bits per heavy atom. The minimum absolute atomic E-state index is 0.0162. The summed E-state index contributed by atoms with van der Waals surface area (Å²) in [5, 5.41) is 9.27. The maximum Gasteiger partial charge on any atom is 0.244 e. The lowest BCUT2D eigenvalue weighted by molar-refractivity contribution is 0.271. The molecule has 0 spiro atoms. The van der Waals surface area contributed by atoms with Crippen LogP contribution in [-0.2, 0) is 23.2 Å². The number of aliphatic hydroxyl groups is 1. The Kier molecular flexibility index (Phi) is 6.57. The minimum Gasteiger partial charge on any atom is -0.390 e. The molecular weight excluding hydrogens is 296 g/mol. The van der Waals surface area contributed by atoms with Crippen LogP contribution < -0.4 is 0 Å². The lowest BCUT2D eigenvalue weighted by atomic mass is 10.3. The quantitative estimate of drug-likeness (QED) is 0.793. The first-order valence-corrected chi connectivity index (χ1v) is 9.52. The van der Waals surface area contributed by atoms with Gasteiger partial charge in [-0.05, 0) is 25.7 Å². The van der Waals surface area contributed by atoms with Crippen molar-refractivity contribution in [3.63, 3.8) is 0 Å². The van der Waals surface area contributed by atoms with Gasteiger partial charge in [0.15, 0.2) is 0 Å². The zero-order valence-corrected chi connectivity index (χ0v) is 14.2. The molecular formula is C13H24N2O3S2. The lowest BCUT2D eigenvalue weighted by Gasteiger charge is -2.25. The second kappa shape index (κ2) is 7.49. The first kappa shape index (κ1) is 17.6. The minimum atomic E-state index is -3.51.